The molecule has 1 aliphatic rings. The van der Waals surface area contributed by atoms with Crippen molar-refractivity contribution in [2.45, 2.75) is 6.10 Å². The van der Waals surface area contributed by atoms with Gasteiger partial charge >= 0.3 is 0 Å². The van der Waals surface area contributed by atoms with E-state index in [9.17, 15) is 4.79 Å². The second-order valence-electron chi connectivity index (χ2n) is 5.05. The molecule has 0 unspecified atom stereocenters. The van der Waals surface area contributed by atoms with Gasteiger partial charge in [0.05, 0.1) is 12.3 Å². The lowest BCUT2D eigenvalue weighted by Crippen LogP contribution is -2.46. The Labute approximate surface area is 127 Å². The number of benzene rings is 1. The van der Waals surface area contributed by atoms with Crippen molar-refractivity contribution in [2.24, 2.45) is 0 Å². The monoisotopic (exact) mass is 303 g/mol. The van der Waals surface area contributed by atoms with Crippen molar-refractivity contribution in [1.82, 2.24) is 9.27 Å². The van der Waals surface area contributed by atoms with Gasteiger partial charge in [-0.1, -0.05) is 30.3 Å². The first kappa shape index (κ1) is 14.2. The molecule has 0 spiro atoms. The van der Waals surface area contributed by atoms with Crippen LogP contribution in [-0.2, 0) is 9.53 Å². The Hall–Kier alpha value is -1.76. The second kappa shape index (κ2) is 6.34. The van der Waals surface area contributed by atoms with Crippen molar-refractivity contribution < 1.29 is 9.53 Å². The molecule has 2 aromatic rings. The summed E-state index contributed by atoms with van der Waals surface area (Å²) < 4.78 is 9.88. The van der Waals surface area contributed by atoms with Gasteiger partial charge in [-0.15, -0.1) is 0 Å². The number of amides is 1. The van der Waals surface area contributed by atoms with Gasteiger partial charge in [0.2, 0.25) is 0 Å². The van der Waals surface area contributed by atoms with Crippen LogP contribution < -0.4 is 5.32 Å². The Balaban J connectivity index is 1.66. The molecule has 6 heteroatoms. The number of carbonyl (C=O) groups excluding carboxylic acids is 1. The molecule has 1 fully saturated rings. The number of aromatic nitrogens is 1. The van der Waals surface area contributed by atoms with E-state index in [0.29, 0.717) is 13.2 Å². The van der Waals surface area contributed by atoms with Crippen LogP contribution in [0.5, 0.6) is 0 Å². The normalized spacial score (nSPS) is 19.4. The fraction of sp³-hybridized carbons (Fsp3) is 0.333. The number of nitrogens with one attached hydrogen (secondary N) is 1. The highest BCUT2D eigenvalue weighted by molar-refractivity contribution is 7.10. The number of carbonyl (C=O) groups is 1. The van der Waals surface area contributed by atoms with Gasteiger partial charge in [-0.3, -0.25) is 4.79 Å². The van der Waals surface area contributed by atoms with Crippen LogP contribution in [0, 0.1) is 0 Å². The number of nitrogens with zero attached hydrogens (tertiary/aromatic N) is 2. The fourth-order valence-corrected chi connectivity index (χ4v) is 2.88. The third-order valence-corrected chi connectivity index (χ3v) is 4.09. The lowest BCUT2D eigenvalue weighted by Gasteiger charge is -2.28. The Morgan fingerprint density at radius 3 is 3.00 bits per heavy atom. The summed E-state index contributed by atoms with van der Waals surface area (Å²) in [6.45, 7) is 2.07. The predicted molar refractivity (Wildman–Crippen MR) is 83.4 cm³/mol. The number of morpholine rings is 1. The van der Waals surface area contributed by atoms with Gasteiger partial charge in [0.1, 0.15) is 11.1 Å². The van der Waals surface area contributed by atoms with Crippen LogP contribution in [0.15, 0.2) is 36.4 Å². The van der Waals surface area contributed by atoms with Gasteiger partial charge in [0, 0.05) is 24.7 Å². The highest BCUT2D eigenvalue weighted by Crippen LogP contribution is 2.25. The van der Waals surface area contributed by atoms with Crippen LogP contribution in [0.3, 0.4) is 0 Å². The highest BCUT2D eigenvalue weighted by atomic mass is 32.1. The molecule has 0 bridgehead atoms. The third-order valence-electron chi connectivity index (χ3n) is 3.39. The molecule has 0 saturated carbocycles. The molecule has 110 valence electrons. The first-order chi connectivity index (χ1) is 10.2. The molecule has 0 aliphatic carbocycles. The molecule has 1 N–H and O–H groups in total. The summed E-state index contributed by atoms with van der Waals surface area (Å²) in [5.74, 6) is -0.107. The van der Waals surface area contributed by atoms with Gasteiger partial charge in [0.15, 0.2) is 0 Å². The molecule has 1 atom stereocenters. The minimum absolute atomic E-state index is 0.107. The van der Waals surface area contributed by atoms with Gasteiger partial charge < -0.3 is 15.0 Å². The van der Waals surface area contributed by atoms with E-state index >= 15 is 0 Å². The van der Waals surface area contributed by atoms with E-state index in [4.69, 9.17) is 4.74 Å². The van der Waals surface area contributed by atoms with Crippen LogP contribution in [0.2, 0.25) is 0 Å². The van der Waals surface area contributed by atoms with E-state index in [-0.39, 0.29) is 5.91 Å². The largest absolute Gasteiger partial charge is 0.366 e. The molecule has 2 heterocycles. The van der Waals surface area contributed by atoms with Crippen LogP contribution in [-0.4, -0.2) is 48.0 Å². The number of hydrogen-bond acceptors (Lipinski definition) is 5. The van der Waals surface area contributed by atoms with E-state index in [1.165, 1.54) is 11.5 Å². The molecule has 1 amide bonds. The maximum atomic E-state index is 12.2. The maximum Gasteiger partial charge on any atom is 0.255 e. The van der Waals surface area contributed by atoms with Crippen LogP contribution in [0.4, 0.5) is 5.00 Å². The number of anilines is 1. The molecule has 1 aliphatic heterocycles. The summed E-state index contributed by atoms with van der Waals surface area (Å²) in [7, 11) is 1.99. The van der Waals surface area contributed by atoms with Gasteiger partial charge in [-0.25, -0.2) is 0 Å². The first-order valence-electron chi connectivity index (χ1n) is 6.85. The van der Waals surface area contributed by atoms with E-state index in [0.717, 1.165) is 22.8 Å². The van der Waals surface area contributed by atoms with Gasteiger partial charge in [-0.05, 0) is 18.6 Å². The van der Waals surface area contributed by atoms with Crippen LogP contribution in [0.1, 0.15) is 0 Å². The molecule has 1 aromatic heterocycles. The average molecular weight is 303 g/mol. The number of hydrogen-bond donors (Lipinski definition) is 1. The summed E-state index contributed by atoms with van der Waals surface area (Å²) in [6, 6.07) is 11.8. The number of likely N-dealkylation sites (N-methyl/N-ethyl adjacent to an activating group) is 1. The van der Waals surface area contributed by atoms with Crippen molar-refractivity contribution in [3.05, 3.63) is 36.4 Å². The molecule has 1 aromatic carbocycles. The highest BCUT2D eigenvalue weighted by Gasteiger charge is 2.25. The summed E-state index contributed by atoms with van der Waals surface area (Å²) in [4.78, 5) is 14.3. The van der Waals surface area contributed by atoms with Gasteiger partial charge in [-0.2, -0.15) is 4.37 Å². The van der Waals surface area contributed by atoms with E-state index < -0.39 is 6.10 Å². The number of rotatable bonds is 3. The minimum Gasteiger partial charge on any atom is -0.366 e. The quantitative estimate of drug-likeness (QED) is 0.943. The van der Waals surface area contributed by atoms with E-state index in [1.54, 1.807) is 0 Å². The Kier molecular flexibility index (Phi) is 4.28. The molecule has 0 radical (unpaired) electrons. The Morgan fingerprint density at radius 2 is 2.24 bits per heavy atom. The smallest absolute Gasteiger partial charge is 0.255 e. The molecule has 1 saturated heterocycles. The fourth-order valence-electron chi connectivity index (χ4n) is 2.22. The van der Waals surface area contributed by atoms with Crippen molar-refractivity contribution in [1.29, 1.82) is 0 Å². The molecule has 5 nitrogen and oxygen atoms in total. The zero-order valence-corrected chi connectivity index (χ0v) is 12.6. The SMILES string of the molecule is CN1CCO[C@@H](C(=O)Nc2cc(-c3ccccc3)ns2)C1. The van der Waals surface area contributed by atoms with Gasteiger partial charge in [0.25, 0.3) is 5.91 Å². The lowest BCUT2D eigenvalue weighted by molar-refractivity contribution is -0.132. The topological polar surface area (TPSA) is 54.5 Å². The Morgan fingerprint density at radius 1 is 1.43 bits per heavy atom. The second-order valence-corrected chi connectivity index (χ2v) is 5.86. The molecular formula is C15H17N3O2S. The van der Waals surface area contributed by atoms with Crippen molar-refractivity contribution in [3.63, 3.8) is 0 Å². The summed E-state index contributed by atoms with van der Waals surface area (Å²) >= 11 is 1.29. The first-order valence-corrected chi connectivity index (χ1v) is 7.63. The minimum atomic E-state index is -0.411. The van der Waals surface area contributed by atoms with Crippen LogP contribution in [0.25, 0.3) is 11.3 Å². The number of ether oxygens (including phenoxy) is 1. The summed E-state index contributed by atoms with van der Waals surface area (Å²) in [5, 5.41) is 3.63. The van der Waals surface area contributed by atoms with Crippen LogP contribution >= 0.6 is 11.5 Å². The molecule has 21 heavy (non-hydrogen) atoms. The van der Waals surface area contributed by atoms with Crippen molar-refractivity contribution in [3.8, 4) is 11.3 Å². The van der Waals surface area contributed by atoms with Crippen molar-refractivity contribution in [2.75, 3.05) is 32.1 Å². The standard InChI is InChI=1S/C15H17N3O2S/c1-18-7-8-20-13(10-18)15(19)16-14-9-12(17-21-14)11-5-3-2-4-6-11/h2-6,9,13H,7-8,10H2,1H3,(H,16,19)/t13-/m1/s1. The summed E-state index contributed by atoms with van der Waals surface area (Å²) in [5.41, 5.74) is 1.92. The molecule has 3 rings (SSSR count). The average Bonchev–Trinajstić information content (AvgIpc) is 2.97. The van der Waals surface area contributed by atoms with E-state index in [1.807, 2.05) is 43.4 Å². The zero-order valence-electron chi connectivity index (χ0n) is 11.8. The Bertz CT molecular complexity index is 614. The van der Waals surface area contributed by atoms with E-state index in [2.05, 4.69) is 14.6 Å². The zero-order chi connectivity index (χ0) is 14.7. The van der Waals surface area contributed by atoms with Crippen molar-refractivity contribution >= 4 is 22.4 Å². The summed E-state index contributed by atoms with van der Waals surface area (Å²) in [6.07, 6.45) is -0.411. The third kappa shape index (κ3) is 3.47. The maximum absolute atomic E-state index is 12.2. The molecular weight excluding hydrogens is 286 g/mol. The predicted octanol–water partition coefficient (Wildman–Crippen LogP) is 2.08. The lowest BCUT2D eigenvalue weighted by atomic mass is 10.1.